The van der Waals surface area contributed by atoms with Crippen molar-refractivity contribution in [2.75, 3.05) is 32.0 Å². The molecule has 0 saturated heterocycles. The van der Waals surface area contributed by atoms with Gasteiger partial charge in [-0.05, 0) is 54.2 Å². The van der Waals surface area contributed by atoms with Crippen LogP contribution in [0.2, 0.25) is 0 Å². The van der Waals surface area contributed by atoms with Crippen molar-refractivity contribution in [2.24, 2.45) is 10.9 Å². The molecule has 1 aliphatic heterocycles. The Kier molecular flexibility index (Phi) is 6.12. The van der Waals surface area contributed by atoms with Crippen LogP contribution in [-0.2, 0) is 4.79 Å². The van der Waals surface area contributed by atoms with Crippen LogP contribution in [0, 0.1) is 5.92 Å². The Morgan fingerprint density at radius 3 is 2.70 bits per heavy atom. The van der Waals surface area contributed by atoms with Gasteiger partial charge in [-0.25, -0.2) is 0 Å². The van der Waals surface area contributed by atoms with E-state index in [4.69, 9.17) is 0 Å². The lowest BCUT2D eigenvalue weighted by atomic mass is 10.0. The molecular weight excluding hydrogens is 374 g/mol. The van der Waals surface area contributed by atoms with Crippen molar-refractivity contribution in [3.05, 3.63) is 60.1 Å². The molecule has 6 nitrogen and oxygen atoms in total. The first-order chi connectivity index (χ1) is 14.6. The van der Waals surface area contributed by atoms with Crippen LogP contribution >= 0.6 is 0 Å². The van der Waals surface area contributed by atoms with Gasteiger partial charge in [0.25, 0.3) is 0 Å². The number of aliphatic imine (C=N–C) groups is 1. The number of rotatable bonds is 6. The Bertz CT molecular complexity index is 963. The number of hydrogen-bond acceptors (Lipinski definition) is 4. The topological polar surface area (TPSA) is 69.6 Å². The highest BCUT2D eigenvalue weighted by Gasteiger charge is 2.26. The van der Waals surface area contributed by atoms with E-state index >= 15 is 0 Å². The third kappa shape index (κ3) is 4.87. The fraction of sp³-hybridized carbons (Fsp3) is 0.375. The van der Waals surface area contributed by atoms with Crippen molar-refractivity contribution in [1.82, 2.24) is 15.2 Å². The third-order valence-corrected chi connectivity index (χ3v) is 5.74. The van der Waals surface area contributed by atoms with Crippen molar-refractivity contribution >= 4 is 17.4 Å². The molecule has 2 N–H and O–H groups in total. The molecular formula is C24H29N5O. The second kappa shape index (κ2) is 9.11. The van der Waals surface area contributed by atoms with Crippen molar-refractivity contribution in [1.29, 1.82) is 0 Å². The van der Waals surface area contributed by atoms with E-state index in [1.54, 1.807) is 26.4 Å². The second-order valence-corrected chi connectivity index (χ2v) is 7.99. The van der Waals surface area contributed by atoms with E-state index in [9.17, 15) is 4.79 Å². The predicted octanol–water partition coefficient (Wildman–Crippen LogP) is 3.69. The zero-order chi connectivity index (χ0) is 20.9. The molecule has 156 valence electrons. The fourth-order valence-corrected chi connectivity index (χ4v) is 3.76. The number of nitrogens with zero attached hydrogens (tertiary/aromatic N) is 3. The molecule has 2 heterocycles. The van der Waals surface area contributed by atoms with Gasteiger partial charge < -0.3 is 15.5 Å². The standard InChI is InChI=1S/C24H29N5O/c1-17(30)29-13-10-23(27-15-18-6-7-18)22(16-29)24(25-2)28-21-5-3-4-20(14-21)19-8-11-26-12-9-19/h3-5,8-9,11-12,14,18,27H,6-7,10,13,15-16H2,1-2H3,(H,25,28). The molecule has 0 atom stereocenters. The van der Waals surface area contributed by atoms with E-state index < -0.39 is 0 Å². The summed E-state index contributed by atoms with van der Waals surface area (Å²) in [6.07, 6.45) is 7.05. The summed E-state index contributed by atoms with van der Waals surface area (Å²) in [5.74, 6) is 1.70. The maximum Gasteiger partial charge on any atom is 0.219 e. The number of amides is 1. The Morgan fingerprint density at radius 2 is 2.00 bits per heavy atom. The summed E-state index contributed by atoms with van der Waals surface area (Å²) in [5, 5.41) is 7.14. The summed E-state index contributed by atoms with van der Waals surface area (Å²) in [5.41, 5.74) is 5.49. The number of pyridine rings is 1. The highest BCUT2D eigenvalue weighted by Crippen LogP contribution is 2.29. The van der Waals surface area contributed by atoms with Gasteiger partial charge >= 0.3 is 0 Å². The number of benzene rings is 1. The zero-order valence-electron chi connectivity index (χ0n) is 17.7. The second-order valence-electron chi connectivity index (χ2n) is 7.99. The molecule has 0 spiro atoms. The Balaban J connectivity index is 1.58. The minimum atomic E-state index is 0.101. The van der Waals surface area contributed by atoms with Gasteiger partial charge in [-0.3, -0.25) is 14.8 Å². The highest BCUT2D eigenvalue weighted by molar-refractivity contribution is 6.09. The number of amidine groups is 1. The van der Waals surface area contributed by atoms with Crippen molar-refractivity contribution in [3.63, 3.8) is 0 Å². The van der Waals surface area contributed by atoms with Crippen LogP contribution in [0.15, 0.2) is 65.1 Å². The van der Waals surface area contributed by atoms with Crippen LogP contribution in [0.3, 0.4) is 0 Å². The fourth-order valence-electron chi connectivity index (χ4n) is 3.76. The van der Waals surface area contributed by atoms with Gasteiger partial charge in [-0.2, -0.15) is 0 Å². The van der Waals surface area contributed by atoms with Crippen LogP contribution < -0.4 is 10.6 Å². The molecule has 1 aromatic heterocycles. The lowest BCUT2D eigenvalue weighted by Gasteiger charge is -2.31. The minimum Gasteiger partial charge on any atom is -0.388 e. The van der Waals surface area contributed by atoms with Crippen molar-refractivity contribution < 1.29 is 4.79 Å². The Hall–Kier alpha value is -3.15. The first-order valence-electron chi connectivity index (χ1n) is 10.6. The molecule has 1 fully saturated rings. The van der Waals surface area contributed by atoms with E-state index in [2.05, 4.69) is 32.7 Å². The number of nitrogens with one attached hydrogen (secondary N) is 2. The van der Waals surface area contributed by atoms with Crippen LogP contribution in [0.5, 0.6) is 0 Å². The summed E-state index contributed by atoms with van der Waals surface area (Å²) in [4.78, 5) is 22.6. The number of carbonyl (C=O) groups excluding carboxylic acids is 1. The first kappa shape index (κ1) is 20.1. The van der Waals surface area contributed by atoms with Crippen LogP contribution in [0.4, 0.5) is 5.69 Å². The number of anilines is 1. The maximum atomic E-state index is 12.0. The van der Waals surface area contributed by atoms with Crippen LogP contribution in [0.1, 0.15) is 26.2 Å². The van der Waals surface area contributed by atoms with E-state index in [1.165, 1.54) is 18.5 Å². The summed E-state index contributed by atoms with van der Waals surface area (Å²) in [6.45, 7) is 3.97. The maximum absolute atomic E-state index is 12.0. The van der Waals surface area contributed by atoms with E-state index in [-0.39, 0.29) is 5.91 Å². The molecule has 1 aromatic carbocycles. The molecule has 0 unspecified atom stereocenters. The van der Waals surface area contributed by atoms with E-state index in [1.807, 2.05) is 29.2 Å². The van der Waals surface area contributed by atoms with Gasteiger partial charge in [-0.15, -0.1) is 0 Å². The molecule has 4 rings (SSSR count). The molecule has 6 heteroatoms. The molecule has 30 heavy (non-hydrogen) atoms. The zero-order valence-corrected chi connectivity index (χ0v) is 17.7. The first-order valence-corrected chi connectivity index (χ1v) is 10.6. The average molecular weight is 404 g/mol. The van der Waals surface area contributed by atoms with Gasteiger partial charge in [-0.1, -0.05) is 12.1 Å². The Morgan fingerprint density at radius 1 is 1.20 bits per heavy atom. The van der Waals surface area contributed by atoms with Gasteiger partial charge in [0.1, 0.15) is 5.84 Å². The summed E-state index contributed by atoms with van der Waals surface area (Å²) < 4.78 is 0. The summed E-state index contributed by atoms with van der Waals surface area (Å²) >= 11 is 0. The lowest BCUT2D eigenvalue weighted by Crippen LogP contribution is -2.41. The van der Waals surface area contributed by atoms with Crippen LogP contribution in [-0.4, -0.2) is 48.3 Å². The molecule has 2 aromatic rings. The SMILES string of the molecule is CN=C(Nc1cccc(-c2ccncc2)c1)C1=C(NCC2CC2)CCN(C(C)=O)C1. The van der Waals surface area contributed by atoms with Gasteiger partial charge in [0.2, 0.25) is 5.91 Å². The normalized spacial score (nSPS) is 17.1. The number of hydrogen-bond donors (Lipinski definition) is 2. The summed E-state index contributed by atoms with van der Waals surface area (Å²) in [6, 6.07) is 12.3. The summed E-state index contributed by atoms with van der Waals surface area (Å²) in [7, 11) is 1.80. The van der Waals surface area contributed by atoms with Gasteiger partial charge in [0.15, 0.2) is 0 Å². The minimum absolute atomic E-state index is 0.101. The average Bonchev–Trinajstić information content (AvgIpc) is 3.61. The molecule has 1 aliphatic carbocycles. The molecule has 1 amide bonds. The van der Waals surface area contributed by atoms with Gasteiger partial charge in [0.05, 0.1) is 6.54 Å². The van der Waals surface area contributed by atoms with Crippen molar-refractivity contribution in [2.45, 2.75) is 26.2 Å². The number of carbonyl (C=O) groups is 1. The molecule has 1 saturated carbocycles. The monoisotopic (exact) mass is 403 g/mol. The largest absolute Gasteiger partial charge is 0.388 e. The van der Waals surface area contributed by atoms with Crippen molar-refractivity contribution in [3.8, 4) is 11.1 Å². The quantitative estimate of drug-likeness (QED) is 0.570. The Labute approximate surface area is 178 Å². The lowest BCUT2D eigenvalue weighted by molar-refractivity contribution is -0.128. The van der Waals surface area contributed by atoms with E-state index in [0.29, 0.717) is 6.54 Å². The highest BCUT2D eigenvalue weighted by atomic mass is 16.2. The van der Waals surface area contributed by atoms with Gasteiger partial charge in [0, 0.05) is 62.8 Å². The smallest absolute Gasteiger partial charge is 0.219 e. The predicted molar refractivity (Wildman–Crippen MR) is 121 cm³/mol. The molecule has 0 radical (unpaired) electrons. The van der Waals surface area contributed by atoms with E-state index in [0.717, 1.165) is 53.7 Å². The third-order valence-electron chi connectivity index (χ3n) is 5.74. The number of aromatic nitrogens is 1. The van der Waals surface area contributed by atoms with Crippen LogP contribution in [0.25, 0.3) is 11.1 Å². The molecule has 2 aliphatic rings. The molecule has 0 bridgehead atoms.